The SMILES string of the molecule is CCCCC/C=C\C/C=C\C/C=C\C/C=C\CCCCC(COC(C)C)OC(CCCC/C=C\C/C=C\C/C=C\C/C=C\CCCCC)COC(C)C. The second-order valence-electron chi connectivity index (χ2n) is 14.9. The molecule has 0 fully saturated rings. The van der Waals surface area contributed by atoms with Gasteiger partial charge in [-0.15, -0.1) is 0 Å². The van der Waals surface area contributed by atoms with E-state index in [9.17, 15) is 0 Å². The lowest BCUT2D eigenvalue weighted by atomic mass is 10.1. The highest BCUT2D eigenvalue weighted by Crippen LogP contribution is 2.17. The number of unbranched alkanes of at least 4 members (excludes halogenated alkanes) is 10. The molecule has 0 saturated heterocycles. The van der Waals surface area contributed by atoms with Gasteiger partial charge in [-0.2, -0.15) is 0 Å². The van der Waals surface area contributed by atoms with Gasteiger partial charge in [-0.3, -0.25) is 0 Å². The van der Waals surface area contributed by atoms with Crippen molar-refractivity contribution in [2.24, 2.45) is 0 Å². The standard InChI is InChI=1S/C50H86O3/c1-7-9-11-13-15-17-19-21-23-25-27-29-31-33-35-37-39-41-43-49(45-51-47(3)4)53-50(46-52-48(5)6)44-42-40-38-36-34-32-30-28-26-24-22-20-18-16-14-12-10-8-2/h15-18,21-24,27-30,33-36,47-50H,7-14,19-20,25-26,31-32,37-46H2,1-6H3/b17-15-,18-16-,23-21-,24-22-,29-27-,30-28-,35-33-,36-34-. The van der Waals surface area contributed by atoms with E-state index in [-0.39, 0.29) is 24.4 Å². The van der Waals surface area contributed by atoms with Gasteiger partial charge in [-0.1, -0.05) is 150 Å². The van der Waals surface area contributed by atoms with E-state index in [1.807, 2.05) is 0 Å². The van der Waals surface area contributed by atoms with Gasteiger partial charge in [-0.25, -0.2) is 0 Å². The van der Waals surface area contributed by atoms with E-state index in [1.165, 1.54) is 64.2 Å². The second-order valence-corrected chi connectivity index (χ2v) is 14.9. The maximum absolute atomic E-state index is 6.70. The third-order valence-corrected chi connectivity index (χ3v) is 8.82. The van der Waals surface area contributed by atoms with Crippen molar-refractivity contribution in [3.8, 4) is 0 Å². The summed E-state index contributed by atoms with van der Waals surface area (Å²) in [5, 5.41) is 0. The Bertz CT molecular complexity index is 899. The highest BCUT2D eigenvalue weighted by molar-refractivity contribution is 5.00. The first-order valence-electron chi connectivity index (χ1n) is 22.1. The molecule has 2 unspecified atom stereocenters. The van der Waals surface area contributed by atoms with Crippen molar-refractivity contribution in [1.29, 1.82) is 0 Å². The first-order valence-corrected chi connectivity index (χ1v) is 22.1. The number of hydrogen-bond acceptors (Lipinski definition) is 3. The summed E-state index contributed by atoms with van der Waals surface area (Å²) in [4.78, 5) is 0. The highest BCUT2D eigenvalue weighted by atomic mass is 16.6. The van der Waals surface area contributed by atoms with Gasteiger partial charge in [0, 0.05) is 0 Å². The lowest BCUT2D eigenvalue weighted by Crippen LogP contribution is -2.31. The van der Waals surface area contributed by atoms with Crippen LogP contribution in [0.25, 0.3) is 0 Å². The van der Waals surface area contributed by atoms with Gasteiger partial charge in [0.2, 0.25) is 0 Å². The molecule has 0 aliphatic heterocycles. The van der Waals surface area contributed by atoms with Gasteiger partial charge in [-0.05, 0) is 130 Å². The molecular weight excluding hydrogens is 649 g/mol. The molecule has 0 aliphatic rings. The molecule has 0 aromatic heterocycles. The molecule has 0 amide bonds. The van der Waals surface area contributed by atoms with E-state index in [2.05, 4.69) is 139 Å². The first kappa shape index (κ1) is 50.8. The fraction of sp³-hybridized carbons (Fsp3) is 0.680. The first-order chi connectivity index (χ1) is 26.0. The van der Waals surface area contributed by atoms with E-state index >= 15 is 0 Å². The summed E-state index contributed by atoms with van der Waals surface area (Å²) >= 11 is 0. The minimum absolute atomic E-state index is 0.114. The lowest BCUT2D eigenvalue weighted by molar-refractivity contribution is -0.105. The molecule has 0 saturated carbocycles. The summed E-state index contributed by atoms with van der Waals surface area (Å²) in [6, 6.07) is 0. The molecule has 0 aliphatic carbocycles. The third-order valence-electron chi connectivity index (χ3n) is 8.82. The predicted molar refractivity (Wildman–Crippen MR) is 237 cm³/mol. The monoisotopic (exact) mass is 735 g/mol. The molecule has 0 aromatic rings. The van der Waals surface area contributed by atoms with Gasteiger partial charge in [0.05, 0.1) is 37.6 Å². The fourth-order valence-corrected chi connectivity index (χ4v) is 5.64. The second kappa shape index (κ2) is 42.5. The number of hydrogen-bond donors (Lipinski definition) is 0. The Kier molecular flexibility index (Phi) is 40.8. The Hall–Kier alpha value is -2.20. The largest absolute Gasteiger partial charge is 0.376 e. The zero-order valence-corrected chi connectivity index (χ0v) is 35.7. The number of rotatable bonds is 38. The molecule has 0 N–H and O–H groups in total. The van der Waals surface area contributed by atoms with Gasteiger partial charge < -0.3 is 14.2 Å². The molecule has 0 bridgehead atoms. The number of allylic oxidation sites excluding steroid dienone is 16. The van der Waals surface area contributed by atoms with Crippen LogP contribution in [0.4, 0.5) is 0 Å². The molecule has 3 nitrogen and oxygen atoms in total. The van der Waals surface area contributed by atoms with Crippen LogP contribution in [-0.4, -0.2) is 37.6 Å². The third kappa shape index (κ3) is 42.4. The zero-order valence-electron chi connectivity index (χ0n) is 35.7. The van der Waals surface area contributed by atoms with E-state index in [0.29, 0.717) is 13.2 Å². The molecule has 304 valence electrons. The van der Waals surface area contributed by atoms with Crippen LogP contribution < -0.4 is 0 Å². The lowest BCUT2D eigenvalue weighted by Gasteiger charge is -2.26. The summed E-state index contributed by atoms with van der Waals surface area (Å²) in [5.41, 5.74) is 0. The Labute approximate surface area is 330 Å². The predicted octanol–water partition coefficient (Wildman–Crippen LogP) is 15.7. The number of ether oxygens (including phenoxy) is 3. The molecular formula is C50H86O3. The summed E-state index contributed by atoms with van der Waals surface area (Å²) < 4.78 is 18.8. The molecule has 0 aromatic carbocycles. The normalized spacial score (nSPS) is 14.3. The quantitative estimate of drug-likeness (QED) is 0.0467. The van der Waals surface area contributed by atoms with Crippen molar-refractivity contribution in [1.82, 2.24) is 0 Å². The average molecular weight is 735 g/mol. The van der Waals surface area contributed by atoms with Crippen molar-refractivity contribution >= 4 is 0 Å². The van der Waals surface area contributed by atoms with Crippen molar-refractivity contribution in [2.75, 3.05) is 13.2 Å². The van der Waals surface area contributed by atoms with Gasteiger partial charge in [0.15, 0.2) is 0 Å². The molecule has 0 heterocycles. The Morgan fingerprint density at radius 3 is 0.868 bits per heavy atom. The molecule has 3 heteroatoms. The molecule has 0 spiro atoms. The van der Waals surface area contributed by atoms with Crippen LogP contribution in [-0.2, 0) is 14.2 Å². The summed E-state index contributed by atoms with van der Waals surface area (Å²) in [6.07, 6.45) is 62.8. The van der Waals surface area contributed by atoms with E-state index < -0.39 is 0 Å². The van der Waals surface area contributed by atoms with Crippen LogP contribution >= 0.6 is 0 Å². The van der Waals surface area contributed by atoms with Crippen molar-refractivity contribution in [2.45, 2.75) is 207 Å². The van der Waals surface area contributed by atoms with Crippen LogP contribution in [0, 0.1) is 0 Å². The Morgan fingerprint density at radius 1 is 0.340 bits per heavy atom. The van der Waals surface area contributed by atoms with Gasteiger partial charge in [0.25, 0.3) is 0 Å². The van der Waals surface area contributed by atoms with Crippen LogP contribution in [0.3, 0.4) is 0 Å². The maximum Gasteiger partial charge on any atom is 0.0813 e. The van der Waals surface area contributed by atoms with Crippen molar-refractivity contribution in [3.05, 3.63) is 97.2 Å². The molecule has 0 radical (unpaired) electrons. The highest BCUT2D eigenvalue weighted by Gasteiger charge is 2.18. The molecule has 53 heavy (non-hydrogen) atoms. The minimum Gasteiger partial charge on any atom is -0.376 e. The maximum atomic E-state index is 6.70. The van der Waals surface area contributed by atoms with Gasteiger partial charge in [0.1, 0.15) is 0 Å². The Morgan fingerprint density at radius 2 is 0.604 bits per heavy atom. The minimum atomic E-state index is 0.114. The summed E-state index contributed by atoms with van der Waals surface area (Å²) in [7, 11) is 0. The topological polar surface area (TPSA) is 27.7 Å². The van der Waals surface area contributed by atoms with Crippen LogP contribution in [0.5, 0.6) is 0 Å². The van der Waals surface area contributed by atoms with E-state index in [0.717, 1.165) is 77.0 Å². The van der Waals surface area contributed by atoms with E-state index in [1.54, 1.807) is 0 Å². The Balaban J connectivity index is 4.38. The van der Waals surface area contributed by atoms with Crippen molar-refractivity contribution in [3.63, 3.8) is 0 Å². The van der Waals surface area contributed by atoms with E-state index in [4.69, 9.17) is 14.2 Å². The summed E-state index contributed by atoms with van der Waals surface area (Å²) in [6.45, 7) is 14.3. The zero-order chi connectivity index (χ0) is 38.7. The van der Waals surface area contributed by atoms with Crippen molar-refractivity contribution < 1.29 is 14.2 Å². The smallest absolute Gasteiger partial charge is 0.0813 e. The van der Waals surface area contributed by atoms with Gasteiger partial charge >= 0.3 is 0 Å². The average Bonchev–Trinajstić information content (AvgIpc) is 3.14. The van der Waals surface area contributed by atoms with Crippen LogP contribution in [0.1, 0.15) is 183 Å². The molecule has 2 atom stereocenters. The van der Waals surface area contributed by atoms with Crippen LogP contribution in [0.15, 0.2) is 97.2 Å². The summed E-state index contributed by atoms with van der Waals surface area (Å²) in [5.74, 6) is 0. The van der Waals surface area contributed by atoms with Crippen LogP contribution in [0.2, 0.25) is 0 Å². The molecule has 0 rings (SSSR count). The fourth-order valence-electron chi connectivity index (χ4n) is 5.64.